The standard InChI is InChI=1S/C30H36N2O4/c1-6-32(7-2)22-15-13-20(14-16-22)28-27(30(34)36-8-3)19(4)31-24-17-21(18-25(33)29(24)28)23-11-9-10-12-26(23)35-5/h9-16,21,28,31H,6-8,17-18H2,1-5H3. The molecule has 2 aliphatic rings. The number of carbonyl (C=O) groups excluding carboxylic acids is 2. The third-order valence-corrected chi connectivity index (χ3v) is 7.26. The summed E-state index contributed by atoms with van der Waals surface area (Å²) in [5, 5.41) is 3.41. The van der Waals surface area contributed by atoms with Gasteiger partial charge in [0.05, 0.1) is 19.3 Å². The molecule has 0 spiro atoms. The second-order valence-electron chi connectivity index (χ2n) is 9.24. The molecule has 36 heavy (non-hydrogen) atoms. The number of esters is 1. The van der Waals surface area contributed by atoms with Crippen LogP contribution in [0, 0.1) is 0 Å². The van der Waals surface area contributed by atoms with Crippen LogP contribution < -0.4 is 15.0 Å². The van der Waals surface area contributed by atoms with Crippen LogP contribution in [-0.2, 0) is 14.3 Å². The van der Waals surface area contributed by atoms with Crippen LogP contribution in [0.4, 0.5) is 5.69 Å². The summed E-state index contributed by atoms with van der Waals surface area (Å²) in [6, 6.07) is 16.1. The lowest BCUT2D eigenvalue weighted by atomic mass is 9.71. The van der Waals surface area contributed by atoms with Gasteiger partial charge in [-0.15, -0.1) is 0 Å². The van der Waals surface area contributed by atoms with E-state index in [1.54, 1.807) is 14.0 Å². The Hall–Kier alpha value is -3.54. The van der Waals surface area contributed by atoms with Gasteiger partial charge in [0, 0.05) is 54.0 Å². The minimum absolute atomic E-state index is 0.00235. The van der Waals surface area contributed by atoms with E-state index in [0.29, 0.717) is 24.0 Å². The van der Waals surface area contributed by atoms with E-state index in [-0.39, 0.29) is 24.3 Å². The minimum Gasteiger partial charge on any atom is -0.496 e. The number of para-hydroxylation sites is 1. The number of methoxy groups -OCH3 is 1. The topological polar surface area (TPSA) is 67.9 Å². The number of carbonyl (C=O) groups is 2. The molecule has 1 aliphatic heterocycles. The first-order valence-corrected chi connectivity index (χ1v) is 12.8. The number of hydrogen-bond acceptors (Lipinski definition) is 6. The molecule has 2 atom stereocenters. The van der Waals surface area contributed by atoms with Crippen LogP contribution in [0.3, 0.4) is 0 Å². The van der Waals surface area contributed by atoms with Gasteiger partial charge in [-0.2, -0.15) is 0 Å². The molecule has 2 aromatic rings. The fourth-order valence-corrected chi connectivity index (χ4v) is 5.54. The number of nitrogens with zero attached hydrogens (tertiary/aromatic N) is 1. The van der Waals surface area contributed by atoms with Crippen molar-refractivity contribution in [1.29, 1.82) is 0 Å². The highest BCUT2D eigenvalue weighted by Crippen LogP contribution is 2.47. The fourth-order valence-electron chi connectivity index (χ4n) is 5.54. The van der Waals surface area contributed by atoms with E-state index in [1.807, 2.05) is 43.3 Å². The molecule has 6 heteroatoms. The summed E-state index contributed by atoms with van der Waals surface area (Å²) in [5.74, 6) is -0.00354. The van der Waals surface area contributed by atoms with Crippen molar-refractivity contribution in [1.82, 2.24) is 5.32 Å². The summed E-state index contributed by atoms with van der Waals surface area (Å²) in [4.78, 5) is 29.2. The average Bonchev–Trinajstić information content (AvgIpc) is 2.89. The van der Waals surface area contributed by atoms with Gasteiger partial charge in [0.1, 0.15) is 5.75 Å². The molecule has 2 unspecified atom stereocenters. The zero-order valence-corrected chi connectivity index (χ0v) is 21.9. The summed E-state index contributed by atoms with van der Waals surface area (Å²) >= 11 is 0. The van der Waals surface area contributed by atoms with Gasteiger partial charge in [0.25, 0.3) is 0 Å². The summed E-state index contributed by atoms with van der Waals surface area (Å²) in [7, 11) is 1.66. The van der Waals surface area contributed by atoms with Gasteiger partial charge in [-0.1, -0.05) is 30.3 Å². The van der Waals surface area contributed by atoms with E-state index in [4.69, 9.17) is 9.47 Å². The maximum absolute atomic E-state index is 13.8. The summed E-state index contributed by atoms with van der Waals surface area (Å²) in [6.45, 7) is 10.1. The van der Waals surface area contributed by atoms with Gasteiger partial charge in [-0.25, -0.2) is 4.79 Å². The Morgan fingerprint density at radius 3 is 2.36 bits per heavy atom. The monoisotopic (exact) mass is 488 g/mol. The van der Waals surface area contributed by atoms with Gasteiger partial charge < -0.3 is 19.7 Å². The minimum atomic E-state index is -0.461. The van der Waals surface area contributed by atoms with Gasteiger partial charge in [-0.05, 0) is 63.4 Å². The average molecular weight is 489 g/mol. The highest BCUT2D eigenvalue weighted by Gasteiger charge is 2.41. The first kappa shape index (κ1) is 25.5. The second kappa shape index (κ2) is 11.0. The Labute approximate surface area is 214 Å². The smallest absolute Gasteiger partial charge is 0.336 e. The first-order chi connectivity index (χ1) is 17.4. The van der Waals surface area contributed by atoms with Crippen molar-refractivity contribution in [3.8, 4) is 5.75 Å². The molecule has 1 aliphatic carbocycles. The van der Waals surface area contributed by atoms with E-state index < -0.39 is 5.92 Å². The normalized spacial score (nSPS) is 19.5. The van der Waals surface area contributed by atoms with Crippen molar-refractivity contribution in [2.45, 2.75) is 52.4 Å². The molecule has 0 saturated heterocycles. The van der Waals surface area contributed by atoms with Gasteiger partial charge in [-0.3, -0.25) is 4.79 Å². The van der Waals surface area contributed by atoms with Crippen LogP contribution in [-0.4, -0.2) is 38.6 Å². The molecular weight excluding hydrogens is 452 g/mol. The quantitative estimate of drug-likeness (QED) is 0.497. The maximum Gasteiger partial charge on any atom is 0.336 e. The van der Waals surface area contributed by atoms with E-state index >= 15 is 0 Å². The number of anilines is 1. The Bertz CT molecular complexity index is 1190. The molecule has 0 aromatic heterocycles. The summed E-state index contributed by atoms with van der Waals surface area (Å²) in [5.41, 5.74) is 5.87. The lowest BCUT2D eigenvalue weighted by Gasteiger charge is -2.37. The number of nitrogens with one attached hydrogen (secondary N) is 1. The lowest BCUT2D eigenvalue weighted by Crippen LogP contribution is -2.36. The molecular formula is C30H36N2O4. The van der Waals surface area contributed by atoms with E-state index in [9.17, 15) is 9.59 Å². The Morgan fingerprint density at radius 2 is 1.72 bits per heavy atom. The van der Waals surface area contributed by atoms with E-state index in [0.717, 1.165) is 47.0 Å². The van der Waals surface area contributed by atoms with Crippen LogP contribution in [0.25, 0.3) is 0 Å². The Morgan fingerprint density at radius 1 is 1.03 bits per heavy atom. The van der Waals surface area contributed by atoms with Crippen LogP contribution >= 0.6 is 0 Å². The van der Waals surface area contributed by atoms with Crippen molar-refractivity contribution < 1.29 is 19.1 Å². The molecule has 6 nitrogen and oxygen atoms in total. The van der Waals surface area contributed by atoms with E-state index in [1.165, 1.54) is 0 Å². The Balaban J connectivity index is 1.78. The number of hydrogen-bond donors (Lipinski definition) is 1. The fraction of sp³-hybridized carbons (Fsp3) is 0.400. The van der Waals surface area contributed by atoms with Crippen molar-refractivity contribution in [3.63, 3.8) is 0 Å². The molecule has 0 saturated carbocycles. The highest BCUT2D eigenvalue weighted by molar-refractivity contribution is 6.04. The van der Waals surface area contributed by atoms with Crippen molar-refractivity contribution in [2.24, 2.45) is 0 Å². The molecule has 1 heterocycles. The van der Waals surface area contributed by atoms with Crippen molar-refractivity contribution in [2.75, 3.05) is 31.7 Å². The summed E-state index contributed by atoms with van der Waals surface area (Å²) < 4.78 is 11.0. The molecule has 2 aromatic carbocycles. The summed E-state index contributed by atoms with van der Waals surface area (Å²) in [6.07, 6.45) is 1.03. The third-order valence-electron chi connectivity index (χ3n) is 7.26. The van der Waals surface area contributed by atoms with E-state index in [2.05, 4.69) is 36.2 Å². The van der Waals surface area contributed by atoms with Crippen molar-refractivity contribution >= 4 is 17.4 Å². The number of ether oxygens (including phenoxy) is 2. The van der Waals surface area contributed by atoms with Crippen LogP contribution in [0.5, 0.6) is 5.75 Å². The number of dihydropyridines is 1. The maximum atomic E-state index is 13.8. The number of Topliss-reactive ketones (excluding diaryl/α,β-unsaturated/α-hetero) is 1. The zero-order valence-electron chi connectivity index (χ0n) is 21.9. The van der Waals surface area contributed by atoms with Gasteiger partial charge in [0.2, 0.25) is 0 Å². The Kier molecular flexibility index (Phi) is 7.82. The largest absolute Gasteiger partial charge is 0.496 e. The van der Waals surface area contributed by atoms with Crippen LogP contribution in [0.2, 0.25) is 0 Å². The molecule has 1 N–H and O–H groups in total. The molecule has 0 radical (unpaired) electrons. The van der Waals surface area contributed by atoms with Crippen LogP contribution in [0.1, 0.15) is 63.5 Å². The third kappa shape index (κ3) is 4.77. The lowest BCUT2D eigenvalue weighted by molar-refractivity contribution is -0.138. The molecule has 190 valence electrons. The molecule has 0 fully saturated rings. The predicted molar refractivity (Wildman–Crippen MR) is 142 cm³/mol. The number of benzene rings is 2. The molecule has 0 bridgehead atoms. The number of allylic oxidation sites excluding steroid dienone is 3. The predicted octanol–water partition coefficient (Wildman–Crippen LogP) is 5.47. The number of rotatable bonds is 8. The second-order valence-corrected chi connectivity index (χ2v) is 9.24. The molecule has 4 rings (SSSR count). The SMILES string of the molecule is CCOC(=O)C1=C(C)NC2=C(C(=O)CC(c3ccccc3OC)C2)C1c1ccc(N(CC)CC)cc1. The zero-order chi connectivity index (χ0) is 25.8. The molecule has 0 amide bonds. The number of ketones is 1. The van der Waals surface area contributed by atoms with Crippen molar-refractivity contribution in [3.05, 3.63) is 82.2 Å². The van der Waals surface area contributed by atoms with Gasteiger partial charge in [0.15, 0.2) is 5.78 Å². The van der Waals surface area contributed by atoms with Gasteiger partial charge >= 0.3 is 5.97 Å². The van der Waals surface area contributed by atoms with Crippen LogP contribution in [0.15, 0.2) is 71.1 Å². The highest BCUT2D eigenvalue weighted by atomic mass is 16.5. The first-order valence-electron chi connectivity index (χ1n) is 12.8.